The lowest BCUT2D eigenvalue weighted by Gasteiger charge is -2.22. The Labute approximate surface area is 161 Å². The molecule has 0 spiro atoms. The highest BCUT2D eigenvalue weighted by molar-refractivity contribution is 6.13. The van der Waals surface area contributed by atoms with E-state index in [1.54, 1.807) is 30.3 Å². The maximum Gasteiger partial charge on any atom is 0.335 e. The third-order valence-corrected chi connectivity index (χ3v) is 4.30. The molecule has 2 aromatic carbocycles. The highest BCUT2D eigenvalue weighted by Crippen LogP contribution is 2.36. The number of fused-ring (bicyclic) bond motifs is 2. The lowest BCUT2D eigenvalue weighted by Crippen LogP contribution is -2.32. The van der Waals surface area contributed by atoms with Gasteiger partial charge in [-0.1, -0.05) is 41.6 Å². The van der Waals surface area contributed by atoms with Gasteiger partial charge in [0, 0.05) is 24.8 Å². The van der Waals surface area contributed by atoms with Gasteiger partial charge in [-0.3, -0.25) is 9.69 Å². The summed E-state index contributed by atoms with van der Waals surface area (Å²) in [7, 11) is 0. The second-order valence-corrected chi connectivity index (χ2v) is 6.24. The number of amides is 2. The molecule has 0 saturated carbocycles. The van der Waals surface area contributed by atoms with E-state index in [1.165, 1.54) is 4.90 Å². The summed E-state index contributed by atoms with van der Waals surface area (Å²) in [5, 5.41) is 12.7. The second kappa shape index (κ2) is 8.34. The van der Waals surface area contributed by atoms with Crippen molar-refractivity contribution < 1.29 is 24.3 Å². The monoisotopic (exact) mass is 381 g/mol. The van der Waals surface area contributed by atoms with Crippen LogP contribution in [-0.2, 0) is 20.8 Å². The Morgan fingerprint density at radius 3 is 2.43 bits per heavy atom. The number of benzene rings is 2. The first-order valence-corrected chi connectivity index (χ1v) is 8.72. The Kier molecular flexibility index (Phi) is 5.69. The first-order chi connectivity index (χ1) is 13.5. The summed E-state index contributed by atoms with van der Waals surface area (Å²) in [5.41, 5.74) is 8.70. The third kappa shape index (κ3) is 4.17. The zero-order valence-corrected chi connectivity index (χ0v) is 15.0. The summed E-state index contributed by atoms with van der Waals surface area (Å²) >= 11 is 0. The van der Waals surface area contributed by atoms with Crippen molar-refractivity contribution in [3.63, 3.8) is 0 Å². The van der Waals surface area contributed by atoms with Gasteiger partial charge in [0.05, 0.1) is 17.1 Å². The van der Waals surface area contributed by atoms with Crippen molar-refractivity contribution in [2.45, 2.75) is 25.7 Å². The molecule has 8 heteroatoms. The number of nitrogens with zero attached hydrogens (tertiary/aromatic N) is 2. The lowest BCUT2D eigenvalue weighted by molar-refractivity contribution is -0.144. The van der Waals surface area contributed by atoms with Crippen LogP contribution in [0.4, 0.5) is 16.2 Å². The molecule has 0 aliphatic carbocycles. The SMILES string of the molecule is NC(=O)N1c2ccccc2C/C(=N/OC(=O)CCCC(=O)O)c2ccccc21. The van der Waals surface area contributed by atoms with E-state index in [2.05, 4.69) is 5.16 Å². The fraction of sp³-hybridized carbons (Fsp3) is 0.200. The van der Waals surface area contributed by atoms with Crippen LogP contribution in [0.3, 0.4) is 0 Å². The third-order valence-electron chi connectivity index (χ3n) is 4.30. The number of hydrogen-bond donors (Lipinski definition) is 2. The topological polar surface area (TPSA) is 122 Å². The molecule has 0 unspecified atom stereocenters. The average molecular weight is 381 g/mol. The number of aliphatic carboxylic acids is 1. The molecule has 3 N–H and O–H groups in total. The number of carboxylic acids is 1. The minimum absolute atomic E-state index is 0.0469. The number of anilines is 2. The van der Waals surface area contributed by atoms with Gasteiger partial charge >= 0.3 is 18.0 Å². The zero-order valence-electron chi connectivity index (χ0n) is 15.0. The number of carbonyl (C=O) groups is 3. The van der Waals surface area contributed by atoms with Gasteiger partial charge in [-0.2, -0.15) is 0 Å². The second-order valence-electron chi connectivity index (χ2n) is 6.24. The molecule has 0 bridgehead atoms. The number of nitrogens with two attached hydrogens (primary N) is 1. The van der Waals surface area contributed by atoms with E-state index in [1.807, 2.05) is 18.2 Å². The molecule has 1 aliphatic rings. The predicted octanol–water partition coefficient (Wildman–Crippen LogP) is 2.96. The summed E-state index contributed by atoms with van der Waals surface area (Å²) in [6.07, 6.45) is 0.345. The fourth-order valence-electron chi connectivity index (χ4n) is 3.05. The molecule has 0 fully saturated rings. The van der Waals surface area contributed by atoms with Crippen LogP contribution < -0.4 is 10.6 Å². The predicted molar refractivity (Wildman–Crippen MR) is 102 cm³/mol. The molecule has 144 valence electrons. The van der Waals surface area contributed by atoms with Gasteiger partial charge in [-0.05, 0) is 24.1 Å². The Balaban J connectivity index is 1.94. The van der Waals surface area contributed by atoms with Crippen molar-refractivity contribution in [3.8, 4) is 0 Å². The highest BCUT2D eigenvalue weighted by atomic mass is 16.7. The van der Waals surface area contributed by atoms with Gasteiger partial charge in [0.25, 0.3) is 0 Å². The van der Waals surface area contributed by atoms with Gasteiger partial charge in [-0.15, -0.1) is 0 Å². The summed E-state index contributed by atoms with van der Waals surface area (Å²) in [6, 6.07) is 13.7. The molecule has 2 amide bonds. The van der Waals surface area contributed by atoms with E-state index in [0.29, 0.717) is 29.1 Å². The molecule has 0 atom stereocenters. The quantitative estimate of drug-likeness (QED) is 0.609. The number of urea groups is 1. The molecule has 0 saturated heterocycles. The molecule has 0 radical (unpaired) electrons. The number of para-hydroxylation sites is 2. The van der Waals surface area contributed by atoms with Gasteiger partial charge in [0.1, 0.15) is 0 Å². The Bertz CT molecular complexity index is 954. The van der Waals surface area contributed by atoms with Crippen molar-refractivity contribution in [1.82, 2.24) is 0 Å². The molecule has 0 aromatic heterocycles. The molecule has 1 heterocycles. The molecule has 2 aromatic rings. The lowest BCUT2D eigenvalue weighted by atomic mass is 10.0. The normalized spacial score (nSPS) is 14.0. The van der Waals surface area contributed by atoms with Crippen LogP contribution in [-0.4, -0.2) is 28.8 Å². The first kappa shape index (κ1) is 19.1. The summed E-state index contributed by atoms with van der Waals surface area (Å²) < 4.78 is 0. The van der Waals surface area contributed by atoms with Crippen LogP contribution in [0.1, 0.15) is 30.4 Å². The molecule has 28 heavy (non-hydrogen) atoms. The van der Waals surface area contributed by atoms with Crippen LogP contribution >= 0.6 is 0 Å². The molecular weight excluding hydrogens is 362 g/mol. The fourth-order valence-corrected chi connectivity index (χ4v) is 3.05. The maximum atomic E-state index is 12.2. The van der Waals surface area contributed by atoms with Crippen molar-refractivity contribution in [3.05, 3.63) is 59.7 Å². The zero-order chi connectivity index (χ0) is 20.1. The highest BCUT2D eigenvalue weighted by Gasteiger charge is 2.27. The molecule has 3 rings (SSSR count). The van der Waals surface area contributed by atoms with E-state index in [-0.39, 0.29) is 19.3 Å². The smallest absolute Gasteiger partial charge is 0.335 e. The van der Waals surface area contributed by atoms with Gasteiger partial charge in [-0.25, -0.2) is 9.59 Å². The number of oxime groups is 1. The van der Waals surface area contributed by atoms with Crippen molar-refractivity contribution in [1.29, 1.82) is 0 Å². The largest absolute Gasteiger partial charge is 0.481 e. The maximum absolute atomic E-state index is 12.2. The number of primary amides is 1. The van der Waals surface area contributed by atoms with Gasteiger partial charge in [0.15, 0.2) is 0 Å². The Hall–Kier alpha value is -3.68. The van der Waals surface area contributed by atoms with Crippen LogP contribution in [0, 0.1) is 0 Å². The Morgan fingerprint density at radius 1 is 1.04 bits per heavy atom. The summed E-state index contributed by atoms with van der Waals surface area (Å²) in [6.45, 7) is 0. The van der Waals surface area contributed by atoms with Crippen molar-refractivity contribution in [2.75, 3.05) is 4.90 Å². The van der Waals surface area contributed by atoms with Crippen LogP contribution in [0.25, 0.3) is 0 Å². The van der Waals surface area contributed by atoms with Crippen molar-refractivity contribution in [2.24, 2.45) is 10.9 Å². The first-order valence-electron chi connectivity index (χ1n) is 8.72. The van der Waals surface area contributed by atoms with Gasteiger partial charge < -0.3 is 15.7 Å². The minimum atomic E-state index is -0.972. The van der Waals surface area contributed by atoms with Crippen molar-refractivity contribution >= 4 is 35.1 Å². The number of rotatable bonds is 5. The Morgan fingerprint density at radius 2 is 1.71 bits per heavy atom. The van der Waals surface area contributed by atoms with E-state index in [9.17, 15) is 14.4 Å². The van der Waals surface area contributed by atoms with E-state index >= 15 is 0 Å². The standard InChI is InChI=1S/C20H19N3O5/c21-20(27)23-16-8-3-1-6-13(16)12-15(14-7-2-4-9-17(14)23)22-28-19(26)11-5-10-18(24)25/h1-4,6-9H,5,10-12H2,(H2,21,27)(H,24,25)/b22-15-. The molecule has 1 aliphatic heterocycles. The number of carbonyl (C=O) groups excluding carboxylic acids is 2. The average Bonchev–Trinajstić information content (AvgIpc) is 2.80. The molecular formula is C20H19N3O5. The number of carboxylic acid groups (broad SMARTS) is 1. The van der Waals surface area contributed by atoms with E-state index in [4.69, 9.17) is 15.7 Å². The van der Waals surface area contributed by atoms with Crippen LogP contribution in [0.5, 0.6) is 0 Å². The number of hydrogen-bond acceptors (Lipinski definition) is 5. The molecule has 8 nitrogen and oxygen atoms in total. The van der Waals surface area contributed by atoms with Gasteiger partial charge in [0.2, 0.25) is 0 Å². The van der Waals surface area contributed by atoms with Crippen LogP contribution in [0.15, 0.2) is 53.7 Å². The van der Waals surface area contributed by atoms with E-state index in [0.717, 1.165) is 5.56 Å². The summed E-state index contributed by atoms with van der Waals surface area (Å²) in [5.74, 6) is -1.59. The minimum Gasteiger partial charge on any atom is -0.481 e. The summed E-state index contributed by atoms with van der Waals surface area (Å²) in [4.78, 5) is 41.0. The van der Waals surface area contributed by atoms with Crippen LogP contribution in [0.2, 0.25) is 0 Å². The van der Waals surface area contributed by atoms with E-state index < -0.39 is 18.0 Å².